The first kappa shape index (κ1) is 21.6. The van der Waals surface area contributed by atoms with Crippen molar-refractivity contribution < 1.29 is 9.59 Å². The van der Waals surface area contributed by atoms with E-state index in [0.717, 1.165) is 48.2 Å². The van der Waals surface area contributed by atoms with Crippen LogP contribution < -0.4 is 10.2 Å². The lowest BCUT2D eigenvalue weighted by atomic mass is 10.2. The van der Waals surface area contributed by atoms with Gasteiger partial charge in [0.05, 0.1) is 11.0 Å². The topological polar surface area (TPSA) is 67.2 Å². The van der Waals surface area contributed by atoms with Crippen LogP contribution in [0.25, 0.3) is 11.0 Å². The number of carbonyl (C=O) groups excluding carboxylic acids is 2. The minimum absolute atomic E-state index is 0.00852. The van der Waals surface area contributed by atoms with Gasteiger partial charge in [-0.2, -0.15) is 0 Å². The average molecular weight is 407 g/mol. The number of nitrogens with zero attached hydrogens (tertiary/aromatic N) is 3. The number of amides is 2. The first-order chi connectivity index (χ1) is 14.6. The minimum atomic E-state index is 0.00852. The Morgan fingerprint density at radius 2 is 1.73 bits per heavy atom. The van der Waals surface area contributed by atoms with Crippen LogP contribution in [0.3, 0.4) is 0 Å². The third kappa shape index (κ3) is 5.47. The number of hydrogen-bond acceptors (Lipinski definition) is 3. The van der Waals surface area contributed by atoms with Gasteiger partial charge in [0.25, 0.3) is 0 Å². The van der Waals surface area contributed by atoms with Crippen molar-refractivity contribution in [1.82, 2.24) is 14.9 Å². The molecule has 2 amide bonds. The van der Waals surface area contributed by atoms with Crippen LogP contribution in [-0.4, -0.2) is 34.5 Å². The van der Waals surface area contributed by atoms with E-state index >= 15 is 0 Å². The van der Waals surface area contributed by atoms with Crippen molar-refractivity contribution in [3.05, 3.63) is 60.4 Å². The van der Waals surface area contributed by atoms with Crippen LogP contribution in [-0.2, 0) is 22.6 Å². The summed E-state index contributed by atoms with van der Waals surface area (Å²) in [6.45, 7) is 5.12. The lowest BCUT2D eigenvalue weighted by molar-refractivity contribution is -0.119. The second-order valence-corrected chi connectivity index (χ2v) is 7.37. The Morgan fingerprint density at radius 3 is 2.47 bits per heavy atom. The molecule has 3 aromatic rings. The number of nitrogens with one attached hydrogen (secondary N) is 1. The fraction of sp³-hybridized carbons (Fsp3) is 0.375. The van der Waals surface area contributed by atoms with Crippen molar-refractivity contribution in [2.24, 2.45) is 0 Å². The normalized spacial score (nSPS) is 10.9. The van der Waals surface area contributed by atoms with E-state index < -0.39 is 0 Å². The quantitative estimate of drug-likeness (QED) is 0.519. The lowest BCUT2D eigenvalue weighted by Crippen LogP contribution is -2.34. The monoisotopic (exact) mass is 406 g/mol. The number of carbonyl (C=O) groups is 2. The van der Waals surface area contributed by atoms with Gasteiger partial charge in [-0.3, -0.25) is 9.59 Å². The maximum Gasteiger partial charge on any atom is 0.246 e. The molecule has 0 saturated heterocycles. The number of aromatic nitrogens is 2. The van der Waals surface area contributed by atoms with E-state index in [4.69, 9.17) is 4.98 Å². The number of benzene rings is 2. The predicted octanol–water partition coefficient (Wildman–Crippen LogP) is 3.94. The molecule has 0 bridgehead atoms. The first-order valence-corrected chi connectivity index (χ1v) is 10.6. The van der Waals surface area contributed by atoms with Gasteiger partial charge < -0.3 is 14.8 Å². The molecule has 1 N–H and O–H groups in total. The number of likely N-dealkylation sites (N-methyl/N-ethyl adjacent to an activating group) is 1. The molecule has 2 aromatic carbocycles. The van der Waals surface area contributed by atoms with Crippen molar-refractivity contribution in [3.8, 4) is 0 Å². The molecule has 1 heterocycles. The summed E-state index contributed by atoms with van der Waals surface area (Å²) in [6, 6.07) is 17.7. The molecule has 0 aliphatic carbocycles. The van der Waals surface area contributed by atoms with Gasteiger partial charge in [0.1, 0.15) is 12.4 Å². The third-order valence-corrected chi connectivity index (χ3v) is 5.16. The molecule has 6 nitrogen and oxygen atoms in total. The van der Waals surface area contributed by atoms with E-state index in [9.17, 15) is 9.59 Å². The van der Waals surface area contributed by atoms with Crippen molar-refractivity contribution in [1.29, 1.82) is 0 Å². The van der Waals surface area contributed by atoms with Crippen LogP contribution in [0.1, 0.15) is 38.9 Å². The summed E-state index contributed by atoms with van der Waals surface area (Å²) in [5.74, 6) is 1.00. The largest absolute Gasteiger partial charge is 0.356 e. The van der Waals surface area contributed by atoms with Gasteiger partial charge in [0.2, 0.25) is 11.8 Å². The van der Waals surface area contributed by atoms with Gasteiger partial charge in [0, 0.05) is 32.1 Å². The molecule has 0 fully saturated rings. The summed E-state index contributed by atoms with van der Waals surface area (Å²) in [7, 11) is 0. The molecule has 6 heteroatoms. The van der Waals surface area contributed by atoms with Gasteiger partial charge in [-0.1, -0.05) is 36.8 Å². The Morgan fingerprint density at radius 1 is 1.00 bits per heavy atom. The van der Waals surface area contributed by atoms with Gasteiger partial charge in [0.15, 0.2) is 0 Å². The van der Waals surface area contributed by atoms with Crippen LogP contribution in [0.5, 0.6) is 0 Å². The van der Waals surface area contributed by atoms with Gasteiger partial charge in [-0.15, -0.1) is 0 Å². The van der Waals surface area contributed by atoms with Crippen LogP contribution in [0.4, 0.5) is 5.69 Å². The summed E-state index contributed by atoms with van der Waals surface area (Å²) in [6.07, 6.45) is 3.71. The van der Waals surface area contributed by atoms with Crippen molar-refractivity contribution >= 4 is 28.5 Å². The Bertz CT molecular complexity index is 981. The highest BCUT2D eigenvalue weighted by Crippen LogP contribution is 2.20. The Balaban J connectivity index is 1.72. The van der Waals surface area contributed by atoms with Crippen LogP contribution in [0, 0.1) is 0 Å². The summed E-state index contributed by atoms with van der Waals surface area (Å²) < 4.78 is 2.05. The number of anilines is 1. The molecule has 0 aliphatic rings. The number of aryl methyl sites for hydroxylation is 1. The number of unbranched alkanes of at least 4 members (excludes halogenated alkanes) is 2. The van der Waals surface area contributed by atoms with E-state index in [1.807, 2.05) is 66.4 Å². The summed E-state index contributed by atoms with van der Waals surface area (Å²) in [4.78, 5) is 30.7. The first-order valence-electron chi connectivity index (χ1n) is 10.6. The number of para-hydroxylation sites is 3. The Hall–Kier alpha value is -3.15. The smallest absolute Gasteiger partial charge is 0.246 e. The van der Waals surface area contributed by atoms with Gasteiger partial charge in [-0.05, 0) is 44.0 Å². The minimum Gasteiger partial charge on any atom is -0.356 e. The summed E-state index contributed by atoms with van der Waals surface area (Å²) in [5, 5.41) is 2.83. The van der Waals surface area contributed by atoms with E-state index in [1.165, 1.54) is 6.92 Å². The molecule has 0 saturated carbocycles. The Kier molecular flexibility index (Phi) is 7.60. The maximum atomic E-state index is 13.2. The van der Waals surface area contributed by atoms with Crippen molar-refractivity contribution in [2.45, 2.75) is 46.1 Å². The Labute approximate surface area is 177 Å². The standard InChI is InChI=1S/C24H30N4O2/c1-3-27(20-12-6-4-7-13-20)24(30)18-28-22-15-10-9-14-21(22)26-23(28)16-8-5-11-17-25-19(2)29/h4,6-7,9-10,12-15H,3,5,8,11,16-18H2,1-2H3,(H,25,29). The van der Waals surface area contributed by atoms with E-state index in [1.54, 1.807) is 0 Å². The molecule has 0 spiro atoms. The fourth-order valence-corrected chi connectivity index (χ4v) is 3.67. The molecule has 30 heavy (non-hydrogen) atoms. The van der Waals surface area contributed by atoms with E-state index in [0.29, 0.717) is 13.1 Å². The molecular weight excluding hydrogens is 376 g/mol. The highest BCUT2D eigenvalue weighted by molar-refractivity contribution is 5.94. The second-order valence-electron chi connectivity index (χ2n) is 7.37. The van der Waals surface area contributed by atoms with Crippen molar-refractivity contribution in [2.75, 3.05) is 18.0 Å². The number of imidazole rings is 1. The van der Waals surface area contributed by atoms with Crippen molar-refractivity contribution in [3.63, 3.8) is 0 Å². The van der Waals surface area contributed by atoms with E-state index in [-0.39, 0.29) is 18.4 Å². The molecule has 0 radical (unpaired) electrons. The zero-order valence-corrected chi connectivity index (χ0v) is 17.8. The summed E-state index contributed by atoms with van der Waals surface area (Å²) in [5.41, 5.74) is 2.82. The number of hydrogen-bond donors (Lipinski definition) is 1. The molecule has 0 aliphatic heterocycles. The average Bonchev–Trinajstić information content (AvgIpc) is 3.09. The van der Waals surface area contributed by atoms with Crippen LogP contribution >= 0.6 is 0 Å². The summed E-state index contributed by atoms with van der Waals surface area (Å²) >= 11 is 0. The lowest BCUT2D eigenvalue weighted by Gasteiger charge is -2.22. The number of fused-ring (bicyclic) bond motifs is 1. The predicted molar refractivity (Wildman–Crippen MR) is 120 cm³/mol. The van der Waals surface area contributed by atoms with Gasteiger partial charge in [-0.25, -0.2) is 4.98 Å². The molecule has 0 atom stereocenters. The molecular formula is C24H30N4O2. The second kappa shape index (κ2) is 10.6. The molecule has 3 rings (SSSR count). The maximum absolute atomic E-state index is 13.2. The van der Waals surface area contributed by atoms with Crippen LogP contribution in [0.2, 0.25) is 0 Å². The SMILES string of the molecule is CCN(C(=O)Cn1c(CCCCCNC(C)=O)nc2ccccc21)c1ccccc1. The number of rotatable bonds is 10. The third-order valence-electron chi connectivity index (χ3n) is 5.16. The zero-order chi connectivity index (χ0) is 21.3. The fourth-order valence-electron chi connectivity index (χ4n) is 3.67. The molecule has 1 aromatic heterocycles. The van der Waals surface area contributed by atoms with Crippen LogP contribution in [0.15, 0.2) is 54.6 Å². The molecule has 158 valence electrons. The van der Waals surface area contributed by atoms with E-state index in [2.05, 4.69) is 9.88 Å². The van der Waals surface area contributed by atoms with Gasteiger partial charge >= 0.3 is 0 Å². The molecule has 0 unspecified atom stereocenters. The highest BCUT2D eigenvalue weighted by Gasteiger charge is 2.18. The highest BCUT2D eigenvalue weighted by atomic mass is 16.2. The zero-order valence-electron chi connectivity index (χ0n) is 17.8.